The third-order valence-corrected chi connectivity index (χ3v) is 4.97. The van der Waals surface area contributed by atoms with Crippen molar-refractivity contribution in [2.45, 2.75) is 38.8 Å². The number of nitrogens with one attached hydrogen (secondary N) is 1. The highest BCUT2D eigenvalue weighted by atomic mass is 16.3. The Kier molecular flexibility index (Phi) is 4.42. The molecule has 0 spiro atoms. The summed E-state index contributed by atoms with van der Waals surface area (Å²) < 4.78 is 0. The van der Waals surface area contributed by atoms with E-state index in [4.69, 9.17) is 0 Å². The van der Waals surface area contributed by atoms with E-state index in [1.807, 2.05) is 6.92 Å². The van der Waals surface area contributed by atoms with Crippen LogP contribution in [0.15, 0.2) is 6.20 Å². The first-order valence-electron chi connectivity index (χ1n) is 7.95. The van der Waals surface area contributed by atoms with Crippen LogP contribution in [0.5, 0.6) is 5.75 Å². The zero-order chi connectivity index (χ0) is 14.8. The van der Waals surface area contributed by atoms with Gasteiger partial charge in [-0.2, -0.15) is 0 Å². The molecule has 1 aliphatic heterocycles. The number of aromatic hydroxyl groups is 1. The molecule has 21 heavy (non-hydrogen) atoms. The molecule has 1 atom stereocenters. The summed E-state index contributed by atoms with van der Waals surface area (Å²) in [5.41, 5.74) is 2.34. The van der Waals surface area contributed by atoms with Gasteiger partial charge in [0.25, 0.3) is 0 Å². The summed E-state index contributed by atoms with van der Waals surface area (Å²) in [4.78, 5) is 6.67. The average Bonchev–Trinajstić information content (AvgIpc) is 2.47. The maximum atomic E-state index is 10.6. The van der Waals surface area contributed by atoms with E-state index in [1.165, 1.54) is 19.3 Å². The molecule has 116 valence electrons. The van der Waals surface area contributed by atoms with Gasteiger partial charge < -0.3 is 15.5 Å². The summed E-state index contributed by atoms with van der Waals surface area (Å²) >= 11 is 0. The van der Waals surface area contributed by atoms with E-state index >= 15 is 0 Å². The number of aliphatic hydroxyl groups is 1. The standard InChI is InChI=1S/C16H25N3O2/c1-11-16(21)14(13(10-20)9-18-11)15(12-3-2-4-12)19-7-5-17-6-8-19/h9,12,15,17,20-21H,2-8,10H2,1H3/t15-/m1/s1. The highest BCUT2D eigenvalue weighted by molar-refractivity contribution is 5.43. The molecule has 1 aromatic heterocycles. The summed E-state index contributed by atoms with van der Waals surface area (Å²) in [6, 6.07) is 0.213. The lowest BCUT2D eigenvalue weighted by molar-refractivity contribution is 0.0800. The van der Waals surface area contributed by atoms with E-state index in [-0.39, 0.29) is 18.4 Å². The minimum absolute atomic E-state index is 0.0640. The van der Waals surface area contributed by atoms with Gasteiger partial charge in [0, 0.05) is 49.5 Å². The highest BCUT2D eigenvalue weighted by Gasteiger charge is 2.36. The van der Waals surface area contributed by atoms with Crippen LogP contribution in [0.4, 0.5) is 0 Å². The van der Waals surface area contributed by atoms with Gasteiger partial charge in [-0.1, -0.05) is 6.42 Å². The largest absolute Gasteiger partial charge is 0.506 e. The third kappa shape index (κ3) is 2.78. The lowest BCUT2D eigenvalue weighted by atomic mass is 9.75. The van der Waals surface area contributed by atoms with E-state index in [9.17, 15) is 10.2 Å². The van der Waals surface area contributed by atoms with Crippen LogP contribution in [0.3, 0.4) is 0 Å². The van der Waals surface area contributed by atoms with Crippen LogP contribution >= 0.6 is 0 Å². The smallest absolute Gasteiger partial charge is 0.141 e. The normalized spacial score (nSPS) is 22.0. The molecule has 3 rings (SSSR count). The predicted molar refractivity (Wildman–Crippen MR) is 81.1 cm³/mol. The molecule has 1 saturated heterocycles. The zero-order valence-corrected chi connectivity index (χ0v) is 12.7. The fraction of sp³-hybridized carbons (Fsp3) is 0.688. The van der Waals surface area contributed by atoms with Crippen LogP contribution in [0.1, 0.15) is 42.1 Å². The Hall–Kier alpha value is -1.17. The number of nitrogens with zero attached hydrogens (tertiary/aromatic N) is 2. The van der Waals surface area contributed by atoms with Crippen molar-refractivity contribution in [3.8, 4) is 5.75 Å². The Bertz CT molecular complexity index is 497. The molecule has 2 fully saturated rings. The molecule has 5 heteroatoms. The third-order valence-electron chi connectivity index (χ3n) is 4.97. The van der Waals surface area contributed by atoms with Gasteiger partial charge in [0.15, 0.2) is 0 Å². The number of piperazine rings is 1. The number of hydrogen-bond donors (Lipinski definition) is 3. The van der Waals surface area contributed by atoms with Gasteiger partial charge in [0.2, 0.25) is 0 Å². The molecule has 1 aromatic rings. The monoisotopic (exact) mass is 291 g/mol. The topological polar surface area (TPSA) is 68.6 Å². The lowest BCUT2D eigenvalue weighted by Crippen LogP contribution is -2.48. The Balaban J connectivity index is 2.00. The van der Waals surface area contributed by atoms with Gasteiger partial charge in [-0.3, -0.25) is 9.88 Å². The maximum absolute atomic E-state index is 10.6. The summed E-state index contributed by atoms with van der Waals surface area (Å²) in [6.07, 6.45) is 5.41. The molecule has 3 N–H and O–H groups in total. The number of aromatic nitrogens is 1. The molecule has 2 heterocycles. The van der Waals surface area contributed by atoms with Gasteiger partial charge >= 0.3 is 0 Å². The van der Waals surface area contributed by atoms with E-state index in [0.717, 1.165) is 37.3 Å². The molecule has 2 aliphatic rings. The van der Waals surface area contributed by atoms with Crippen molar-refractivity contribution >= 4 is 0 Å². The summed E-state index contributed by atoms with van der Waals surface area (Å²) in [5, 5.41) is 23.6. The SMILES string of the molecule is Cc1ncc(CO)c([C@@H](C2CCC2)N2CCNCC2)c1O. The van der Waals surface area contributed by atoms with Gasteiger partial charge in [0.05, 0.1) is 12.3 Å². The minimum Gasteiger partial charge on any atom is -0.506 e. The van der Waals surface area contributed by atoms with Crippen LogP contribution in [0.2, 0.25) is 0 Å². The van der Waals surface area contributed by atoms with Crippen molar-refractivity contribution in [2.24, 2.45) is 5.92 Å². The van der Waals surface area contributed by atoms with Gasteiger partial charge in [-0.15, -0.1) is 0 Å². The summed E-state index contributed by atoms with van der Waals surface area (Å²) in [6.45, 7) is 5.73. The van der Waals surface area contributed by atoms with Crippen molar-refractivity contribution < 1.29 is 10.2 Å². The Morgan fingerprint density at radius 3 is 2.67 bits per heavy atom. The second-order valence-corrected chi connectivity index (χ2v) is 6.21. The first-order chi connectivity index (χ1) is 10.2. The highest BCUT2D eigenvalue weighted by Crippen LogP contribution is 2.45. The number of hydrogen-bond acceptors (Lipinski definition) is 5. The van der Waals surface area contributed by atoms with Crippen molar-refractivity contribution in [1.29, 1.82) is 0 Å². The fourth-order valence-corrected chi connectivity index (χ4v) is 3.54. The van der Waals surface area contributed by atoms with Gasteiger partial charge in [-0.05, 0) is 25.7 Å². The van der Waals surface area contributed by atoms with E-state index < -0.39 is 0 Å². The molecule has 5 nitrogen and oxygen atoms in total. The first kappa shape index (κ1) is 14.8. The molecule has 1 saturated carbocycles. The number of pyridine rings is 1. The van der Waals surface area contributed by atoms with E-state index in [1.54, 1.807) is 6.20 Å². The van der Waals surface area contributed by atoms with Crippen LogP contribution < -0.4 is 5.32 Å². The van der Waals surface area contributed by atoms with E-state index in [0.29, 0.717) is 11.6 Å². The summed E-state index contributed by atoms with van der Waals surface area (Å²) in [5.74, 6) is 0.859. The Morgan fingerprint density at radius 1 is 1.38 bits per heavy atom. The average molecular weight is 291 g/mol. The summed E-state index contributed by atoms with van der Waals surface area (Å²) in [7, 11) is 0. The number of aliphatic hydroxyl groups excluding tert-OH is 1. The van der Waals surface area contributed by atoms with Gasteiger partial charge in [0.1, 0.15) is 5.75 Å². The molecule has 0 amide bonds. The van der Waals surface area contributed by atoms with Crippen molar-refractivity contribution in [3.05, 3.63) is 23.0 Å². The zero-order valence-electron chi connectivity index (χ0n) is 12.7. The Labute approximate surface area is 126 Å². The minimum atomic E-state index is -0.0640. The molecular formula is C16H25N3O2. The van der Waals surface area contributed by atoms with Crippen molar-refractivity contribution in [2.75, 3.05) is 26.2 Å². The molecule has 0 unspecified atom stereocenters. The molecule has 0 bridgehead atoms. The molecule has 0 aromatic carbocycles. The van der Waals surface area contributed by atoms with Crippen LogP contribution in [0, 0.1) is 12.8 Å². The van der Waals surface area contributed by atoms with Gasteiger partial charge in [-0.25, -0.2) is 0 Å². The lowest BCUT2D eigenvalue weighted by Gasteiger charge is -2.44. The van der Waals surface area contributed by atoms with Crippen LogP contribution in [-0.4, -0.2) is 46.3 Å². The van der Waals surface area contributed by atoms with Crippen molar-refractivity contribution in [1.82, 2.24) is 15.2 Å². The van der Waals surface area contributed by atoms with Crippen molar-refractivity contribution in [3.63, 3.8) is 0 Å². The quantitative estimate of drug-likeness (QED) is 0.781. The number of aryl methyl sites for hydroxylation is 1. The predicted octanol–water partition coefficient (Wildman–Crippen LogP) is 1.33. The molecule has 1 aliphatic carbocycles. The molecular weight excluding hydrogens is 266 g/mol. The fourth-order valence-electron chi connectivity index (χ4n) is 3.54. The van der Waals surface area contributed by atoms with E-state index in [2.05, 4.69) is 15.2 Å². The number of rotatable bonds is 4. The maximum Gasteiger partial charge on any atom is 0.141 e. The first-order valence-corrected chi connectivity index (χ1v) is 7.95. The van der Waals surface area contributed by atoms with Crippen LogP contribution in [0.25, 0.3) is 0 Å². The second-order valence-electron chi connectivity index (χ2n) is 6.21. The van der Waals surface area contributed by atoms with Crippen LogP contribution in [-0.2, 0) is 6.61 Å². The second kappa shape index (κ2) is 6.30. The molecule has 0 radical (unpaired) electrons. The Morgan fingerprint density at radius 2 is 2.10 bits per heavy atom.